The van der Waals surface area contributed by atoms with Crippen LogP contribution in [0, 0.1) is 0 Å². The van der Waals surface area contributed by atoms with Crippen molar-refractivity contribution in [3.8, 4) is 17.2 Å². The molecule has 2 aromatic carbocycles. The molecule has 0 amide bonds. The summed E-state index contributed by atoms with van der Waals surface area (Å²) in [6.45, 7) is 2.18. The van der Waals surface area contributed by atoms with Crippen molar-refractivity contribution in [1.29, 1.82) is 0 Å². The molecule has 0 bridgehead atoms. The summed E-state index contributed by atoms with van der Waals surface area (Å²) < 4.78 is 38.9. The van der Waals surface area contributed by atoms with Crippen molar-refractivity contribution < 1.29 is 22.8 Å². The van der Waals surface area contributed by atoms with E-state index in [1.165, 1.54) is 31.7 Å². The summed E-state index contributed by atoms with van der Waals surface area (Å²) in [5, 5.41) is 9.92. The highest BCUT2D eigenvalue weighted by molar-refractivity contribution is 7.86. The van der Waals surface area contributed by atoms with Gasteiger partial charge in [0.25, 0.3) is 10.1 Å². The van der Waals surface area contributed by atoms with Crippen LogP contribution in [0.3, 0.4) is 0 Å². The molecule has 2 rings (SSSR count). The first kappa shape index (κ1) is 21.3. The Hall–Kier alpha value is -2.05. The van der Waals surface area contributed by atoms with E-state index in [-0.39, 0.29) is 11.5 Å². The van der Waals surface area contributed by atoms with Gasteiger partial charge in [-0.05, 0) is 36.6 Å². The lowest BCUT2D eigenvalue weighted by Gasteiger charge is -2.15. The Morgan fingerprint density at radius 2 is 1.56 bits per heavy atom. The molecule has 0 aliphatic heterocycles. The number of aryl methyl sites for hydroxylation is 1. The van der Waals surface area contributed by atoms with Crippen molar-refractivity contribution in [1.82, 2.24) is 0 Å². The number of ether oxygens (including phenoxy) is 1. The smallest absolute Gasteiger partial charge is 0.298 e. The largest absolute Gasteiger partial charge is 0.508 e. The van der Waals surface area contributed by atoms with Gasteiger partial charge in [0.1, 0.15) is 16.4 Å². The van der Waals surface area contributed by atoms with E-state index in [0.717, 1.165) is 25.3 Å². The monoisotopic (exact) mass is 392 g/mol. The second kappa shape index (κ2) is 10.3. The molecule has 0 saturated carbocycles. The Balaban J connectivity index is 2.18. The first-order valence-electron chi connectivity index (χ1n) is 9.48. The summed E-state index contributed by atoms with van der Waals surface area (Å²) in [5.41, 5.74) is 0.569. The minimum absolute atomic E-state index is 0.0764. The van der Waals surface area contributed by atoms with Crippen molar-refractivity contribution in [2.45, 2.75) is 63.2 Å². The van der Waals surface area contributed by atoms with E-state index in [4.69, 9.17) is 4.74 Å². The fourth-order valence-corrected chi connectivity index (χ4v) is 3.69. The van der Waals surface area contributed by atoms with Crippen molar-refractivity contribution in [2.24, 2.45) is 0 Å². The molecule has 0 unspecified atom stereocenters. The van der Waals surface area contributed by atoms with Crippen LogP contribution in [-0.4, -0.2) is 18.1 Å². The van der Waals surface area contributed by atoms with Gasteiger partial charge in [0.15, 0.2) is 5.75 Å². The number of phenols is 1. The zero-order valence-electron chi connectivity index (χ0n) is 15.7. The van der Waals surface area contributed by atoms with E-state index in [9.17, 15) is 18.1 Å². The highest BCUT2D eigenvalue weighted by Gasteiger charge is 2.22. The SMILES string of the molecule is CCCCCCCCCc1cc(O)cc(S(=O)(=O)O)c1Oc1ccccc1. The van der Waals surface area contributed by atoms with Crippen molar-refractivity contribution in [2.75, 3.05) is 0 Å². The molecule has 0 fully saturated rings. The first-order chi connectivity index (χ1) is 12.9. The Morgan fingerprint density at radius 3 is 2.19 bits per heavy atom. The average Bonchev–Trinajstić information content (AvgIpc) is 2.62. The van der Waals surface area contributed by atoms with Crippen LogP contribution in [0.1, 0.15) is 57.4 Å². The van der Waals surface area contributed by atoms with E-state index in [1.807, 2.05) is 6.07 Å². The number of benzene rings is 2. The molecule has 148 valence electrons. The van der Waals surface area contributed by atoms with Gasteiger partial charge in [0.2, 0.25) is 0 Å². The standard InChI is InChI=1S/C21H28O5S/c1-2-3-4-5-6-7-9-12-17-15-18(22)16-20(27(23,24)25)21(17)26-19-13-10-8-11-14-19/h8,10-11,13-16,22H,2-7,9,12H2,1H3,(H,23,24,25). The molecule has 6 heteroatoms. The molecular weight excluding hydrogens is 364 g/mol. The van der Waals surface area contributed by atoms with Gasteiger partial charge in [-0.25, -0.2) is 0 Å². The summed E-state index contributed by atoms with van der Waals surface area (Å²) in [7, 11) is -4.53. The molecule has 2 N–H and O–H groups in total. The molecule has 2 aromatic rings. The van der Waals surface area contributed by atoms with Gasteiger partial charge in [0.05, 0.1) is 0 Å². The highest BCUT2D eigenvalue weighted by atomic mass is 32.2. The molecule has 0 saturated heterocycles. The predicted molar refractivity (Wildman–Crippen MR) is 106 cm³/mol. The number of rotatable bonds is 11. The minimum atomic E-state index is -4.53. The Kier molecular flexibility index (Phi) is 8.13. The van der Waals surface area contributed by atoms with Gasteiger partial charge in [-0.1, -0.05) is 63.6 Å². The lowest BCUT2D eigenvalue weighted by Crippen LogP contribution is -2.04. The van der Waals surface area contributed by atoms with Crippen LogP contribution < -0.4 is 4.74 Å². The third kappa shape index (κ3) is 6.88. The maximum Gasteiger partial charge on any atom is 0.298 e. The van der Waals surface area contributed by atoms with Crippen molar-refractivity contribution in [3.63, 3.8) is 0 Å². The summed E-state index contributed by atoms with van der Waals surface area (Å²) in [4.78, 5) is -0.413. The maximum atomic E-state index is 11.8. The van der Waals surface area contributed by atoms with Gasteiger partial charge in [0, 0.05) is 6.07 Å². The second-order valence-corrected chi connectivity index (χ2v) is 8.08. The van der Waals surface area contributed by atoms with Gasteiger partial charge in [-0.2, -0.15) is 8.42 Å². The first-order valence-corrected chi connectivity index (χ1v) is 10.9. The van der Waals surface area contributed by atoms with Gasteiger partial charge < -0.3 is 9.84 Å². The fourth-order valence-electron chi connectivity index (χ4n) is 3.02. The molecule has 0 aliphatic rings. The molecule has 0 radical (unpaired) electrons. The van der Waals surface area contributed by atoms with E-state index in [0.29, 0.717) is 17.7 Å². The van der Waals surface area contributed by atoms with Crippen LogP contribution in [0.15, 0.2) is 47.4 Å². The third-order valence-electron chi connectivity index (χ3n) is 4.41. The Bertz CT molecular complexity index is 816. The molecule has 0 aliphatic carbocycles. The van der Waals surface area contributed by atoms with E-state index < -0.39 is 15.0 Å². The number of aromatic hydroxyl groups is 1. The molecule has 27 heavy (non-hydrogen) atoms. The molecule has 0 heterocycles. The highest BCUT2D eigenvalue weighted by Crippen LogP contribution is 2.36. The lowest BCUT2D eigenvalue weighted by molar-refractivity contribution is 0.433. The summed E-state index contributed by atoms with van der Waals surface area (Å²) in [5.74, 6) is 0.336. The Labute approximate surface area is 161 Å². The summed E-state index contributed by atoms with van der Waals surface area (Å²) in [6.07, 6.45) is 8.44. The minimum Gasteiger partial charge on any atom is -0.508 e. The van der Waals surface area contributed by atoms with Crippen LogP contribution in [0.4, 0.5) is 0 Å². The van der Waals surface area contributed by atoms with Crippen LogP contribution in [0.5, 0.6) is 17.2 Å². The van der Waals surface area contributed by atoms with E-state index in [1.54, 1.807) is 24.3 Å². The lowest BCUT2D eigenvalue weighted by atomic mass is 10.0. The van der Waals surface area contributed by atoms with E-state index >= 15 is 0 Å². The molecular formula is C21H28O5S. The third-order valence-corrected chi connectivity index (χ3v) is 5.27. The zero-order valence-corrected chi connectivity index (χ0v) is 16.5. The number of hydrogen-bond donors (Lipinski definition) is 2. The zero-order chi connectivity index (χ0) is 19.7. The van der Waals surface area contributed by atoms with E-state index in [2.05, 4.69) is 6.92 Å². The van der Waals surface area contributed by atoms with Crippen molar-refractivity contribution in [3.05, 3.63) is 48.0 Å². The molecule has 0 spiro atoms. The molecule has 0 aromatic heterocycles. The Morgan fingerprint density at radius 1 is 0.926 bits per heavy atom. The number of para-hydroxylation sites is 1. The van der Waals surface area contributed by atoms with Crippen LogP contribution in [0.2, 0.25) is 0 Å². The predicted octanol–water partition coefficient (Wildman–Crippen LogP) is 5.72. The number of hydrogen-bond acceptors (Lipinski definition) is 4. The number of phenolic OH excluding ortho intramolecular Hbond substituents is 1. The quantitative estimate of drug-likeness (QED) is 0.377. The normalized spacial score (nSPS) is 11.5. The van der Waals surface area contributed by atoms with Gasteiger partial charge in [-0.15, -0.1) is 0 Å². The fraction of sp³-hybridized carbons (Fsp3) is 0.429. The second-order valence-electron chi connectivity index (χ2n) is 6.69. The summed E-state index contributed by atoms with van der Waals surface area (Å²) >= 11 is 0. The molecule has 0 atom stereocenters. The topological polar surface area (TPSA) is 83.8 Å². The van der Waals surface area contributed by atoms with Gasteiger partial charge >= 0.3 is 0 Å². The summed E-state index contributed by atoms with van der Waals surface area (Å²) in [6, 6.07) is 11.3. The average molecular weight is 393 g/mol. The van der Waals surface area contributed by atoms with Crippen LogP contribution in [-0.2, 0) is 16.5 Å². The number of unbranched alkanes of at least 4 members (excludes halogenated alkanes) is 6. The maximum absolute atomic E-state index is 11.8. The van der Waals surface area contributed by atoms with Gasteiger partial charge in [-0.3, -0.25) is 4.55 Å². The van der Waals surface area contributed by atoms with Crippen LogP contribution >= 0.6 is 0 Å². The molecule has 5 nitrogen and oxygen atoms in total. The van der Waals surface area contributed by atoms with Crippen LogP contribution in [0.25, 0.3) is 0 Å². The van der Waals surface area contributed by atoms with Crippen molar-refractivity contribution >= 4 is 10.1 Å².